The summed E-state index contributed by atoms with van der Waals surface area (Å²) in [7, 11) is 1.57. The second-order valence-electron chi connectivity index (χ2n) is 5.26. The van der Waals surface area contributed by atoms with E-state index in [1.807, 2.05) is 74.5 Å². The van der Waals surface area contributed by atoms with E-state index >= 15 is 0 Å². The molecule has 0 bridgehead atoms. The van der Waals surface area contributed by atoms with Gasteiger partial charge in [0.1, 0.15) is 6.04 Å². The molecule has 2 amide bonds. The Kier molecular flexibility index (Phi) is 13.0. The molecule has 0 fully saturated rings. The maximum atomic E-state index is 12.1. The van der Waals surface area contributed by atoms with Gasteiger partial charge in [-0.15, -0.1) is 6.42 Å². The number of amides is 2. The van der Waals surface area contributed by atoms with Gasteiger partial charge in [0.2, 0.25) is 5.91 Å². The molecule has 140 valence electrons. The largest absolute Gasteiger partial charge is 0.369 e. The van der Waals surface area contributed by atoms with Crippen LogP contribution in [0.3, 0.4) is 0 Å². The van der Waals surface area contributed by atoms with Gasteiger partial charge in [-0.1, -0.05) is 80.1 Å². The van der Waals surface area contributed by atoms with Gasteiger partial charge in [-0.3, -0.25) is 4.79 Å². The Bertz CT molecular complexity index is 633. The van der Waals surface area contributed by atoms with Crippen molar-refractivity contribution in [3.63, 3.8) is 0 Å². The second-order valence-corrected chi connectivity index (χ2v) is 5.26. The van der Waals surface area contributed by atoms with E-state index in [2.05, 4.69) is 10.6 Å². The summed E-state index contributed by atoms with van der Waals surface area (Å²) in [5, 5.41) is 5.38. The first-order chi connectivity index (χ1) is 12.2. The maximum absolute atomic E-state index is 12.1. The number of carbonyl (C=O) groups is 2. The van der Waals surface area contributed by atoms with Gasteiger partial charge in [-0.25, -0.2) is 0 Å². The number of rotatable bonds is 7. The molecule has 1 atom stereocenters. The number of carbonyl (C=O) groups excluding carboxylic acids is 2. The molecule has 0 radical (unpaired) electrons. The van der Waals surface area contributed by atoms with E-state index in [9.17, 15) is 9.59 Å². The number of benzene rings is 2. The van der Waals surface area contributed by atoms with Crippen LogP contribution in [0.2, 0.25) is 0 Å². The SMILES string of the molecule is CC.CNC(=O)C(Cc1ccccc1)NC(=O)[CH-]Cc1ccccc1.[W]. The quantitative estimate of drug-likeness (QED) is 0.549. The van der Waals surface area contributed by atoms with E-state index in [4.69, 9.17) is 0 Å². The first kappa shape index (κ1) is 23.9. The zero-order valence-electron chi connectivity index (χ0n) is 15.6. The fourth-order valence-corrected chi connectivity index (χ4v) is 2.29. The summed E-state index contributed by atoms with van der Waals surface area (Å²) in [4.78, 5) is 24.1. The fraction of sp³-hybridized carbons (Fsp3) is 0.286. The molecule has 1 unspecified atom stereocenters. The summed E-state index contributed by atoms with van der Waals surface area (Å²) in [5.74, 6) is -0.436. The van der Waals surface area contributed by atoms with Gasteiger partial charge in [-0.05, 0) is 5.56 Å². The zero-order chi connectivity index (χ0) is 18.5. The normalized spacial score (nSPS) is 10.3. The summed E-state index contributed by atoms with van der Waals surface area (Å²) < 4.78 is 0. The topological polar surface area (TPSA) is 58.2 Å². The molecular weight excluding hydrogens is 496 g/mol. The van der Waals surface area contributed by atoms with Crippen LogP contribution >= 0.6 is 0 Å². The van der Waals surface area contributed by atoms with Crippen molar-refractivity contribution in [1.29, 1.82) is 0 Å². The molecule has 0 saturated carbocycles. The van der Waals surface area contributed by atoms with Gasteiger partial charge in [0.05, 0.1) is 5.91 Å². The summed E-state index contributed by atoms with van der Waals surface area (Å²) in [6.07, 6.45) is 2.57. The Morgan fingerprint density at radius 2 is 1.42 bits per heavy atom. The van der Waals surface area contributed by atoms with E-state index in [0.29, 0.717) is 12.8 Å². The van der Waals surface area contributed by atoms with E-state index < -0.39 is 6.04 Å². The first-order valence-electron chi connectivity index (χ1n) is 8.62. The van der Waals surface area contributed by atoms with Crippen molar-refractivity contribution in [2.75, 3.05) is 7.05 Å². The molecule has 26 heavy (non-hydrogen) atoms. The molecule has 0 heterocycles. The average Bonchev–Trinajstić information content (AvgIpc) is 2.68. The Morgan fingerprint density at radius 1 is 0.923 bits per heavy atom. The first-order valence-corrected chi connectivity index (χ1v) is 8.62. The van der Waals surface area contributed by atoms with Crippen molar-refractivity contribution in [2.45, 2.75) is 32.7 Å². The minimum Gasteiger partial charge on any atom is -0.369 e. The predicted octanol–water partition coefficient (Wildman–Crippen LogP) is 2.93. The molecule has 4 nitrogen and oxygen atoms in total. The molecule has 5 heteroatoms. The predicted molar refractivity (Wildman–Crippen MR) is 102 cm³/mol. The van der Waals surface area contributed by atoms with Crippen molar-refractivity contribution in [3.05, 3.63) is 78.2 Å². The van der Waals surface area contributed by atoms with Crippen LogP contribution in [-0.4, -0.2) is 24.9 Å². The molecule has 2 aromatic carbocycles. The average molecular weight is 523 g/mol. The summed E-state index contributed by atoms with van der Waals surface area (Å²) >= 11 is 0. The van der Waals surface area contributed by atoms with Crippen molar-refractivity contribution < 1.29 is 30.7 Å². The van der Waals surface area contributed by atoms with Crippen LogP contribution in [0, 0.1) is 6.42 Å². The maximum Gasteiger partial charge on any atom is 0.242 e. The van der Waals surface area contributed by atoms with Gasteiger partial charge in [0, 0.05) is 34.5 Å². The van der Waals surface area contributed by atoms with Crippen LogP contribution in [0.15, 0.2) is 60.7 Å². The van der Waals surface area contributed by atoms with E-state index in [0.717, 1.165) is 11.1 Å². The molecule has 0 saturated heterocycles. The van der Waals surface area contributed by atoms with Gasteiger partial charge in [0.15, 0.2) is 0 Å². The second kappa shape index (κ2) is 14.1. The molecule has 2 rings (SSSR count). The van der Waals surface area contributed by atoms with Crippen LogP contribution in [-0.2, 0) is 43.5 Å². The molecule has 2 N–H and O–H groups in total. The van der Waals surface area contributed by atoms with E-state index in [1.54, 1.807) is 13.5 Å². The van der Waals surface area contributed by atoms with Gasteiger partial charge in [0.25, 0.3) is 0 Å². The number of hydrogen-bond acceptors (Lipinski definition) is 2. The number of likely N-dealkylation sites (N-methyl/N-ethyl adjacent to an activating group) is 1. The Labute approximate surface area is 171 Å². The van der Waals surface area contributed by atoms with Crippen molar-refractivity contribution in [1.82, 2.24) is 10.6 Å². The van der Waals surface area contributed by atoms with Crippen molar-refractivity contribution in [3.8, 4) is 0 Å². The summed E-state index contributed by atoms with van der Waals surface area (Å²) in [5.41, 5.74) is 2.06. The van der Waals surface area contributed by atoms with E-state index in [1.165, 1.54) is 0 Å². The van der Waals surface area contributed by atoms with Gasteiger partial charge >= 0.3 is 0 Å². The van der Waals surface area contributed by atoms with Gasteiger partial charge < -0.3 is 21.8 Å². The molecule has 0 aliphatic heterocycles. The monoisotopic (exact) mass is 523 g/mol. The number of hydrogen-bond donors (Lipinski definition) is 2. The zero-order valence-corrected chi connectivity index (χ0v) is 18.5. The fourth-order valence-electron chi connectivity index (χ4n) is 2.29. The molecule has 0 aliphatic rings. The standard InChI is InChI=1S/C19H21N2O2.C2H6.W/c1-20-19(23)17(14-16-10-6-3-7-11-16)21-18(22)13-12-15-8-4-2-5-9-15;1-2;/h2-11,13,17H,12,14H2,1H3,(H,20,23)(H,21,22);1-2H3;/q-1;;. The van der Waals surface area contributed by atoms with Crippen LogP contribution in [0.1, 0.15) is 25.0 Å². The third-order valence-corrected chi connectivity index (χ3v) is 3.53. The number of nitrogens with one attached hydrogen (secondary N) is 2. The minimum atomic E-state index is -0.582. The van der Waals surface area contributed by atoms with Crippen molar-refractivity contribution >= 4 is 11.8 Å². The Morgan fingerprint density at radius 3 is 1.92 bits per heavy atom. The Hall–Kier alpha value is -2.06. The Balaban J connectivity index is 0.00000201. The third kappa shape index (κ3) is 8.87. The molecule has 0 aromatic heterocycles. The molecule has 0 aliphatic carbocycles. The van der Waals surface area contributed by atoms with Crippen LogP contribution in [0.25, 0.3) is 0 Å². The van der Waals surface area contributed by atoms with Crippen LogP contribution < -0.4 is 10.6 Å². The summed E-state index contributed by atoms with van der Waals surface area (Å²) in [6, 6.07) is 18.8. The smallest absolute Gasteiger partial charge is 0.242 e. The van der Waals surface area contributed by atoms with Crippen LogP contribution in [0.4, 0.5) is 0 Å². The molecular formula is C21H27N2O2W-. The molecule has 0 spiro atoms. The third-order valence-electron chi connectivity index (χ3n) is 3.53. The van der Waals surface area contributed by atoms with Crippen molar-refractivity contribution in [2.24, 2.45) is 0 Å². The summed E-state index contributed by atoms with van der Waals surface area (Å²) in [6.45, 7) is 4.00. The molecule has 2 aromatic rings. The minimum absolute atomic E-state index is 0. The van der Waals surface area contributed by atoms with E-state index in [-0.39, 0.29) is 32.9 Å². The van der Waals surface area contributed by atoms with Crippen LogP contribution in [0.5, 0.6) is 0 Å². The van der Waals surface area contributed by atoms with Gasteiger partial charge in [-0.2, -0.15) is 0 Å².